The molecule has 1 fully saturated rings. The summed E-state index contributed by atoms with van der Waals surface area (Å²) < 4.78 is 4.93. The fourth-order valence-electron chi connectivity index (χ4n) is 2.09. The third-order valence-electron chi connectivity index (χ3n) is 3.20. The van der Waals surface area contributed by atoms with Gasteiger partial charge in [0.15, 0.2) is 0 Å². The lowest BCUT2D eigenvalue weighted by molar-refractivity contribution is -0.135. The maximum atomic E-state index is 12.3. The summed E-state index contributed by atoms with van der Waals surface area (Å²) in [5.41, 5.74) is 6.72. The minimum atomic E-state index is -0.622. The molecule has 0 aliphatic heterocycles. The maximum absolute atomic E-state index is 12.3. The molecular weight excluding hydrogens is 244 g/mol. The summed E-state index contributed by atoms with van der Waals surface area (Å²) in [7, 11) is 1.53. The number of phenols is 1. The first-order chi connectivity index (χ1) is 9.11. The number of aromatic hydroxyl groups is 1. The van der Waals surface area contributed by atoms with E-state index in [2.05, 4.69) is 0 Å². The lowest BCUT2D eigenvalue weighted by Crippen LogP contribution is -2.46. The van der Waals surface area contributed by atoms with Crippen molar-refractivity contribution in [2.75, 3.05) is 13.7 Å². The highest BCUT2D eigenvalue weighted by Gasteiger charge is 2.34. The van der Waals surface area contributed by atoms with Gasteiger partial charge in [0.1, 0.15) is 11.8 Å². The van der Waals surface area contributed by atoms with E-state index in [4.69, 9.17) is 10.5 Å². The summed E-state index contributed by atoms with van der Waals surface area (Å²) in [6.07, 6.45) is 2.04. The zero-order valence-electron chi connectivity index (χ0n) is 11.1. The molecule has 1 aromatic rings. The molecule has 1 saturated carbocycles. The van der Waals surface area contributed by atoms with Crippen molar-refractivity contribution in [2.45, 2.75) is 31.5 Å². The van der Waals surface area contributed by atoms with Crippen molar-refractivity contribution in [3.8, 4) is 5.75 Å². The quantitative estimate of drug-likeness (QED) is 0.799. The number of hydrogen-bond acceptors (Lipinski definition) is 4. The van der Waals surface area contributed by atoms with E-state index >= 15 is 0 Å². The zero-order valence-corrected chi connectivity index (χ0v) is 11.1. The minimum absolute atomic E-state index is 0.0901. The summed E-state index contributed by atoms with van der Waals surface area (Å²) in [5, 5.41) is 9.46. The fraction of sp³-hybridized carbons (Fsp3) is 0.500. The molecule has 0 heterocycles. The van der Waals surface area contributed by atoms with E-state index in [-0.39, 0.29) is 24.3 Å². The number of methoxy groups -OCH3 is 1. The molecular formula is C14H20N2O3. The van der Waals surface area contributed by atoms with Gasteiger partial charge in [-0.1, -0.05) is 12.1 Å². The summed E-state index contributed by atoms with van der Waals surface area (Å²) in [6.45, 7) is 0.706. The van der Waals surface area contributed by atoms with Crippen molar-refractivity contribution in [3.05, 3.63) is 29.8 Å². The lowest BCUT2D eigenvalue weighted by atomic mass is 10.1. The van der Waals surface area contributed by atoms with Crippen LogP contribution in [-0.2, 0) is 16.1 Å². The molecule has 5 heteroatoms. The highest BCUT2D eigenvalue weighted by Crippen LogP contribution is 2.29. The Hall–Kier alpha value is -1.59. The van der Waals surface area contributed by atoms with E-state index in [1.54, 1.807) is 23.1 Å². The summed E-state index contributed by atoms with van der Waals surface area (Å²) in [4.78, 5) is 14.1. The predicted molar refractivity (Wildman–Crippen MR) is 71.5 cm³/mol. The largest absolute Gasteiger partial charge is 0.508 e. The van der Waals surface area contributed by atoms with Gasteiger partial charge in [0.25, 0.3) is 0 Å². The molecule has 1 atom stereocenters. The second-order valence-corrected chi connectivity index (χ2v) is 4.93. The molecule has 3 N–H and O–H groups in total. The number of nitrogens with two attached hydrogens (primary N) is 1. The van der Waals surface area contributed by atoms with Crippen LogP contribution in [0.5, 0.6) is 5.75 Å². The van der Waals surface area contributed by atoms with Crippen molar-refractivity contribution in [1.29, 1.82) is 0 Å². The molecule has 1 aliphatic carbocycles. The van der Waals surface area contributed by atoms with Crippen molar-refractivity contribution in [3.63, 3.8) is 0 Å². The van der Waals surface area contributed by atoms with Gasteiger partial charge in [-0.25, -0.2) is 0 Å². The van der Waals surface area contributed by atoms with Crippen molar-refractivity contribution < 1.29 is 14.6 Å². The summed E-state index contributed by atoms with van der Waals surface area (Å²) >= 11 is 0. The average Bonchev–Trinajstić information content (AvgIpc) is 3.20. The Morgan fingerprint density at radius 1 is 1.58 bits per heavy atom. The van der Waals surface area contributed by atoms with Gasteiger partial charge in [0.2, 0.25) is 5.91 Å². The van der Waals surface area contributed by atoms with E-state index in [1.165, 1.54) is 7.11 Å². The van der Waals surface area contributed by atoms with Crippen LogP contribution < -0.4 is 5.73 Å². The zero-order chi connectivity index (χ0) is 13.8. The number of carbonyl (C=O) groups excluding carboxylic acids is 1. The van der Waals surface area contributed by atoms with Crippen molar-refractivity contribution >= 4 is 5.91 Å². The first-order valence-electron chi connectivity index (χ1n) is 6.44. The van der Waals surface area contributed by atoms with Gasteiger partial charge in [0.05, 0.1) is 6.61 Å². The SMILES string of the molecule is COCC(N)C(=O)N(Cc1cccc(O)c1)C1CC1. The predicted octanol–water partition coefficient (Wildman–Crippen LogP) is 0.857. The van der Waals surface area contributed by atoms with Crippen LogP contribution in [0, 0.1) is 0 Å². The van der Waals surface area contributed by atoms with Gasteiger partial charge in [-0.15, -0.1) is 0 Å². The summed E-state index contributed by atoms with van der Waals surface area (Å²) in [6, 6.07) is 6.61. The first kappa shape index (κ1) is 13.8. The second kappa shape index (κ2) is 6.04. The molecule has 0 aromatic heterocycles. The van der Waals surface area contributed by atoms with Gasteiger partial charge >= 0.3 is 0 Å². The van der Waals surface area contributed by atoms with E-state index in [0.29, 0.717) is 6.54 Å². The Balaban J connectivity index is 2.06. The average molecular weight is 264 g/mol. The third kappa shape index (κ3) is 3.68. The normalized spacial score (nSPS) is 16.1. The van der Waals surface area contributed by atoms with Crippen LogP contribution in [0.2, 0.25) is 0 Å². The smallest absolute Gasteiger partial charge is 0.242 e. The highest BCUT2D eigenvalue weighted by molar-refractivity contribution is 5.82. The van der Waals surface area contributed by atoms with Crippen LogP contribution in [0.25, 0.3) is 0 Å². The number of hydrogen-bond donors (Lipinski definition) is 2. The molecule has 1 aliphatic rings. The number of rotatable bonds is 6. The Bertz CT molecular complexity index is 446. The van der Waals surface area contributed by atoms with Gasteiger partial charge in [0, 0.05) is 19.7 Å². The number of amides is 1. The van der Waals surface area contributed by atoms with E-state index in [9.17, 15) is 9.90 Å². The molecule has 5 nitrogen and oxygen atoms in total. The number of nitrogens with zero attached hydrogens (tertiary/aromatic N) is 1. The standard InChI is InChI=1S/C14H20N2O3/c1-19-9-13(15)14(18)16(11-5-6-11)8-10-3-2-4-12(17)7-10/h2-4,7,11,13,17H,5-6,8-9,15H2,1H3. The monoisotopic (exact) mass is 264 g/mol. The molecule has 104 valence electrons. The first-order valence-corrected chi connectivity index (χ1v) is 6.44. The van der Waals surface area contributed by atoms with Gasteiger partial charge in [-0.05, 0) is 30.5 Å². The molecule has 2 rings (SSSR count). The molecule has 1 unspecified atom stereocenters. The summed E-state index contributed by atoms with van der Waals surface area (Å²) in [5.74, 6) is 0.120. The van der Waals surface area contributed by atoms with Gasteiger partial charge in [-0.2, -0.15) is 0 Å². The Labute approximate surface area is 113 Å². The van der Waals surface area contributed by atoms with Crippen molar-refractivity contribution in [2.24, 2.45) is 5.73 Å². The molecule has 19 heavy (non-hydrogen) atoms. The Morgan fingerprint density at radius 3 is 2.89 bits per heavy atom. The molecule has 0 saturated heterocycles. The lowest BCUT2D eigenvalue weighted by Gasteiger charge is -2.25. The van der Waals surface area contributed by atoms with Gasteiger partial charge < -0.3 is 20.5 Å². The van der Waals surface area contributed by atoms with E-state index in [1.807, 2.05) is 6.07 Å². The third-order valence-corrected chi connectivity index (χ3v) is 3.20. The number of phenolic OH excluding ortho intramolecular Hbond substituents is 1. The molecule has 0 bridgehead atoms. The highest BCUT2D eigenvalue weighted by atomic mass is 16.5. The number of benzene rings is 1. The van der Waals surface area contributed by atoms with Crippen LogP contribution in [0.4, 0.5) is 0 Å². The van der Waals surface area contributed by atoms with Crippen LogP contribution in [0.15, 0.2) is 24.3 Å². The number of carbonyl (C=O) groups is 1. The van der Waals surface area contributed by atoms with Crippen LogP contribution >= 0.6 is 0 Å². The van der Waals surface area contributed by atoms with E-state index < -0.39 is 6.04 Å². The Morgan fingerprint density at radius 2 is 2.32 bits per heavy atom. The van der Waals surface area contributed by atoms with Crippen LogP contribution in [-0.4, -0.2) is 41.7 Å². The molecule has 1 amide bonds. The van der Waals surface area contributed by atoms with E-state index in [0.717, 1.165) is 18.4 Å². The molecule has 0 radical (unpaired) electrons. The molecule has 0 spiro atoms. The molecule has 1 aromatic carbocycles. The maximum Gasteiger partial charge on any atom is 0.242 e. The second-order valence-electron chi connectivity index (χ2n) is 4.93. The van der Waals surface area contributed by atoms with Gasteiger partial charge in [-0.3, -0.25) is 4.79 Å². The van der Waals surface area contributed by atoms with Crippen LogP contribution in [0.3, 0.4) is 0 Å². The Kier molecular flexibility index (Phi) is 4.39. The van der Waals surface area contributed by atoms with Crippen LogP contribution in [0.1, 0.15) is 18.4 Å². The fourth-order valence-corrected chi connectivity index (χ4v) is 2.09. The topological polar surface area (TPSA) is 75.8 Å². The van der Waals surface area contributed by atoms with Crippen molar-refractivity contribution in [1.82, 2.24) is 4.90 Å². The number of ether oxygens (including phenoxy) is 1. The minimum Gasteiger partial charge on any atom is -0.508 e.